The van der Waals surface area contributed by atoms with E-state index in [0.717, 1.165) is 23.8 Å². The SMILES string of the molecule is O=C(COc1ccc(/C=N\NC(=O)CN(c2ccccc2)S(=O)(=O)c2ccccc2)cc1)NC[C@H]1CCCO1. The van der Waals surface area contributed by atoms with Crippen molar-refractivity contribution in [2.24, 2.45) is 5.10 Å². The highest BCUT2D eigenvalue weighted by atomic mass is 32.2. The summed E-state index contributed by atoms with van der Waals surface area (Å²) in [7, 11) is -3.98. The summed E-state index contributed by atoms with van der Waals surface area (Å²) < 4.78 is 38.5. The second-order valence-corrected chi connectivity index (χ2v) is 10.6. The van der Waals surface area contributed by atoms with Crippen molar-refractivity contribution < 1.29 is 27.5 Å². The Balaban J connectivity index is 1.29. The fraction of sp³-hybridized carbons (Fsp3) is 0.250. The van der Waals surface area contributed by atoms with Gasteiger partial charge < -0.3 is 14.8 Å². The number of hydrogen-bond donors (Lipinski definition) is 2. The number of nitrogens with one attached hydrogen (secondary N) is 2. The lowest BCUT2D eigenvalue weighted by Gasteiger charge is -2.23. The largest absolute Gasteiger partial charge is 0.484 e. The predicted molar refractivity (Wildman–Crippen MR) is 147 cm³/mol. The summed E-state index contributed by atoms with van der Waals surface area (Å²) in [6.45, 7) is 0.642. The van der Waals surface area contributed by atoms with E-state index in [1.807, 2.05) is 0 Å². The van der Waals surface area contributed by atoms with Gasteiger partial charge in [-0.3, -0.25) is 13.9 Å². The molecule has 1 atom stereocenters. The molecule has 1 fully saturated rings. The summed E-state index contributed by atoms with van der Waals surface area (Å²) in [4.78, 5) is 24.7. The average Bonchev–Trinajstić information content (AvgIpc) is 3.49. The number of nitrogens with zero attached hydrogens (tertiary/aromatic N) is 2. The van der Waals surface area contributed by atoms with Gasteiger partial charge in [-0.2, -0.15) is 5.10 Å². The molecule has 3 aromatic carbocycles. The average molecular weight is 551 g/mol. The smallest absolute Gasteiger partial charge is 0.264 e. The van der Waals surface area contributed by atoms with E-state index >= 15 is 0 Å². The fourth-order valence-corrected chi connectivity index (χ4v) is 5.30. The standard InChI is InChI=1S/C28H30N4O6S/c33-27(20-32(23-8-3-1-4-9-23)39(35,36)26-11-5-2-6-12-26)31-30-18-22-13-15-24(16-14-22)38-21-28(34)29-19-25-10-7-17-37-25/h1-6,8-9,11-16,18,25H,7,10,17,19-21H2,(H,29,34)(H,31,33)/b30-18-/t25-/m1/s1. The molecule has 4 rings (SSSR count). The highest BCUT2D eigenvalue weighted by Gasteiger charge is 2.26. The van der Waals surface area contributed by atoms with Crippen LogP contribution in [0.15, 0.2) is 94.9 Å². The number of anilines is 1. The first-order valence-corrected chi connectivity index (χ1v) is 13.9. The third-order valence-corrected chi connectivity index (χ3v) is 7.65. The number of rotatable bonds is 12. The van der Waals surface area contributed by atoms with Crippen molar-refractivity contribution in [2.75, 3.05) is 30.6 Å². The molecule has 11 heteroatoms. The summed E-state index contributed by atoms with van der Waals surface area (Å²) >= 11 is 0. The van der Waals surface area contributed by atoms with Crippen LogP contribution in [0.4, 0.5) is 5.69 Å². The number of hydrazone groups is 1. The predicted octanol–water partition coefficient (Wildman–Crippen LogP) is 2.71. The molecule has 2 N–H and O–H groups in total. The zero-order valence-electron chi connectivity index (χ0n) is 21.2. The topological polar surface area (TPSA) is 126 Å². The highest BCUT2D eigenvalue weighted by molar-refractivity contribution is 7.92. The van der Waals surface area contributed by atoms with Gasteiger partial charge in [0, 0.05) is 13.2 Å². The molecule has 1 heterocycles. The van der Waals surface area contributed by atoms with Crippen molar-refractivity contribution in [2.45, 2.75) is 23.8 Å². The lowest BCUT2D eigenvalue weighted by molar-refractivity contribution is -0.123. The number of para-hydroxylation sites is 1. The van der Waals surface area contributed by atoms with Crippen molar-refractivity contribution in [3.63, 3.8) is 0 Å². The first-order valence-electron chi connectivity index (χ1n) is 12.5. The van der Waals surface area contributed by atoms with E-state index in [2.05, 4.69) is 15.8 Å². The minimum Gasteiger partial charge on any atom is -0.484 e. The van der Waals surface area contributed by atoms with Crippen molar-refractivity contribution in [1.29, 1.82) is 0 Å². The molecule has 2 amide bonds. The van der Waals surface area contributed by atoms with Crippen LogP contribution >= 0.6 is 0 Å². The van der Waals surface area contributed by atoms with Crippen LogP contribution in [0.2, 0.25) is 0 Å². The summed E-state index contributed by atoms with van der Waals surface area (Å²) in [5.74, 6) is -0.325. The molecule has 1 aliphatic heterocycles. The van der Waals surface area contributed by atoms with Gasteiger partial charge in [0.05, 0.1) is 22.9 Å². The van der Waals surface area contributed by atoms with Crippen LogP contribution in [0.25, 0.3) is 0 Å². The molecule has 1 aliphatic rings. The normalized spacial score (nSPS) is 15.1. The van der Waals surface area contributed by atoms with Crippen LogP contribution in [0.5, 0.6) is 5.75 Å². The van der Waals surface area contributed by atoms with Crippen molar-refractivity contribution in [1.82, 2.24) is 10.7 Å². The molecule has 1 saturated heterocycles. The Hall–Kier alpha value is -4.22. The maximum Gasteiger partial charge on any atom is 0.264 e. The van der Waals surface area contributed by atoms with Crippen LogP contribution in [0.3, 0.4) is 0 Å². The van der Waals surface area contributed by atoms with E-state index in [9.17, 15) is 18.0 Å². The summed E-state index contributed by atoms with van der Waals surface area (Å²) in [5, 5.41) is 6.74. The molecule has 0 spiro atoms. The van der Waals surface area contributed by atoms with Crippen LogP contribution in [0.1, 0.15) is 18.4 Å². The third kappa shape index (κ3) is 8.13. The Labute approximate surface area is 227 Å². The molecule has 0 bridgehead atoms. The number of carbonyl (C=O) groups is 2. The highest BCUT2D eigenvalue weighted by Crippen LogP contribution is 2.23. The second kappa shape index (κ2) is 13.5. The molecule has 0 saturated carbocycles. The molecule has 3 aromatic rings. The zero-order valence-corrected chi connectivity index (χ0v) is 22.0. The minimum atomic E-state index is -3.98. The first kappa shape index (κ1) is 27.8. The lowest BCUT2D eigenvalue weighted by atomic mass is 10.2. The van der Waals surface area contributed by atoms with E-state index in [-0.39, 0.29) is 23.5 Å². The van der Waals surface area contributed by atoms with Crippen LogP contribution in [-0.2, 0) is 24.3 Å². The van der Waals surface area contributed by atoms with E-state index in [4.69, 9.17) is 9.47 Å². The van der Waals surface area contributed by atoms with Crippen LogP contribution in [0, 0.1) is 0 Å². The fourth-order valence-electron chi connectivity index (χ4n) is 3.86. The van der Waals surface area contributed by atoms with Gasteiger partial charge in [0.2, 0.25) is 0 Å². The summed E-state index contributed by atoms with van der Waals surface area (Å²) in [6.07, 6.45) is 3.46. The first-order chi connectivity index (χ1) is 18.9. The monoisotopic (exact) mass is 550 g/mol. The van der Waals surface area contributed by atoms with Gasteiger partial charge in [0.1, 0.15) is 12.3 Å². The van der Waals surface area contributed by atoms with Crippen molar-refractivity contribution >= 4 is 33.7 Å². The molecular formula is C28H30N4O6S. The molecule has 10 nitrogen and oxygen atoms in total. The van der Waals surface area contributed by atoms with Gasteiger partial charge in [-0.1, -0.05) is 36.4 Å². The maximum absolute atomic E-state index is 13.3. The molecular weight excluding hydrogens is 520 g/mol. The number of sulfonamides is 1. The molecule has 39 heavy (non-hydrogen) atoms. The summed E-state index contributed by atoms with van der Waals surface area (Å²) in [5.41, 5.74) is 3.40. The van der Waals surface area contributed by atoms with Crippen LogP contribution < -0.4 is 19.8 Å². The van der Waals surface area contributed by atoms with Crippen molar-refractivity contribution in [3.05, 3.63) is 90.5 Å². The zero-order chi connectivity index (χ0) is 27.5. The number of carbonyl (C=O) groups excluding carboxylic acids is 2. The van der Waals surface area contributed by atoms with Crippen LogP contribution in [-0.4, -0.2) is 58.9 Å². The molecule has 0 unspecified atom stereocenters. The quantitative estimate of drug-likeness (QED) is 0.264. The Morgan fingerprint density at radius 1 is 0.974 bits per heavy atom. The van der Waals surface area contributed by atoms with Gasteiger partial charge in [-0.15, -0.1) is 0 Å². The minimum absolute atomic E-state index is 0.0719. The van der Waals surface area contributed by atoms with Gasteiger partial charge >= 0.3 is 0 Å². The van der Waals surface area contributed by atoms with E-state index in [1.54, 1.807) is 72.8 Å². The maximum atomic E-state index is 13.3. The van der Waals surface area contributed by atoms with Crippen molar-refractivity contribution in [3.8, 4) is 5.75 Å². The lowest BCUT2D eigenvalue weighted by Crippen LogP contribution is -2.39. The van der Waals surface area contributed by atoms with Gasteiger partial charge in [-0.25, -0.2) is 13.8 Å². The van der Waals surface area contributed by atoms with Gasteiger partial charge in [0.15, 0.2) is 6.61 Å². The number of amides is 2. The van der Waals surface area contributed by atoms with E-state index in [1.165, 1.54) is 18.3 Å². The number of hydrogen-bond acceptors (Lipinski definition) is 7. The Bertz CT molecular complexity index is 1360. The second-order valence-electron chi connectivity index (χ2n) is 8.75. The molecule has 204 valence electrons. The van der Waals surface area contributed by atoms with E-state index < -0.39 is 22.5 Å². The summed E-state index contributed by atoms with van der Waals surface area (Å²) in [6, 6.07) is 23.1. The molecule has 0 aliphatic carbocycles. The van der Waals surface area contributed by atoms with E-state index in [0.29, 0.717) is 23.5 Å². The molecule has 0 radical (unpaired) electrons. The Morgan fingerprint density at radius 2 is 1.67 bits per heavy atom. The van der Waals surface area contributed by atoms with Gasteiger partial charge in [0.25, 0.3) is 21.8 Å². The van der Waals surface area contributed by atoms with Gasteiger partial charge in [-0.05, 0) is 66.9 Å². The third-order valence-electron chi connectivity index (χ3n) is 5.87. The molecule has 0 aromatic heterocycles. The number of benzene rings is 3. The Morgan fingerprint density at radius 3 is 2.33 bits per heavy atom. The number of ether oxygens (including phenoxy) is 2. The Kier molecular flexibility index (Phi) is 9.65.